The molecule has 5 heteroatoms. The molecule has 0 spiro atoms. The normalized spacial score (nSPS) is 27.9. The molecule has 2 aliphatic rings. The SMILES string of the molecule is COC(=O)C1=C(C(=O)OC)[C@@]2(C)N[C@]1(C)c1c(C)ccc(C)c12. The molecule has 0 aliphatic carbocycles. The lowest BCUT2D eigenvalue weighted by Gasteiger charge is -2.30. The van der Waals surface area contributed by atoms with Crippen molar-refractivity contribution in [2.75, 3.05) is 14.2 Å². The molecule has 0 aromatic heterocycles. The molecule has 5 nitrogen and oxygen atoms in total. The monoisotopic (exact) mass is 315 g/mol. The molecule has 1 N–H and O–H groups in total. The molecule has 23 heavy (non-hydrogen) atoms. The molecule has 122 valence electrons. The van der Waals surface area contributed by atoms with Crippen molar-refractivity contribution in [2.24, 2.45) is 0 Å². The van der Waals surface area contributed by atoms with Gasteiger partial charge >= 0.3 is 11.9 Å². The summed E-state index contributed by atoms with van der Waals surface area (Å²) in [6.45, 7) is 7.88. The molecule has 2 bridgehead atoms. The van der Waals surface area contributed by atoms with Gasteiger partial charge in [0, 0.05) is 0 Å². The van der Waals surface area contributed by atoms with Gasteiger partial charge in [0.2, 0.25) is 0 Å². The van der Waals surface area contributed by atoms with Gasteiger partial charge in [-0.1, -0.05) is 12.1 Å². The molecule has 0 saturated carbocycles. The maximum Gasteiger partial charge on any atom is 0.336 e. The van der Waals surface area contributed by atoms with Crippen molar-refractivity contribution >= 4 is 11.9 Å². The van der Waals surface area contributed by atoms with Gasteiger partial charge in [0.05, 0.1) is 36.4 Å². The Hall–Kier alpha value is -2.14. The molecule has 0 unspecified atom stereocenters. The average Bonchev–Trinajstić information content (AvgIpc) is 2.90. The summed E-state index contributed by atoms with van der Waals surface area (Å²) in [5, 5.41) is 3.48. The van der Waals surface area contributed by atoms with Crippen LogP contribution in [0.25, 0.3) is 0 Å². The number of carbonyl (C=O) groups is 2. The Morgan fingerprint density at radius 1 is 0.870 bits per heavy atom. The van der Waals surface area contributed by atoms with Gasteiger partial charge in [-0.3, -0.25) is 5.32 Å². The standard InChI is InChI=1S/C18H21NO4/c1-9-7-8-10(2)12-11(9)17(3)13(15(20)22-5)14(16(21)23-6)18(12,4)19-17/h7-8,19H,1-6H3/t17-,18+. The Morgan fingerprint density at radius 2 is 1.22 bits per heavy atom. The lowest BCUT2D eigenvalue weighted by atomic mass is 9.71. The zero-order valence-electron chi connectivity index (χ0n) is 14.3. The van der Waals surface area contributed by atoms with Gasteiger partial charge in [-0.25, -0.2) is 9.59 Å². The van der Waals surface area contributed by atoms with Crippen molar-refractivity contribution in [3.05, 3.63) is 45.5 Å². The third kappa shape index (κ3) is 1.71. The molecule has 3 rings (SSSR count). The first-order chi connectivity index (χ1) is 10.7. The number of nitrogens with one attached hydrogen (secondary N) is 1. The third-order valence-corrected chi connectivity index (χ3v) is 5.15. The van der Waals surface area contributed by atoms with Crippen LogP contribution in [-0.2, 0) is 30.1 Å². The van der Waals surface area contributed by atoms with Crippen LogP contribution in [0.2, 0.25) is 0 Å². The summed E-state index contributed by atoms with van der Waals surface area (Å²) in [5.41, 5.74) is 3.41. The molecule has 0 saturated heterocycles. The van der Waals surface area contributed by atoms with E-state index in [9.17, 15) is 9.59 Å². The summed E-state index contributed by atoms with van der Waals surface area (Å²) in [5.74, 6) is -1.01. The highest BCUT2D eigenvalue weighted by Gasteiger charge is 2.63. The number of hydrogen-bond donors (Lipinski definition) is 1. The van der Waals surface area contributed by atoms with Crippen LogP contribution in [-0.4, -0.2) is 26.2 Å². The minimum Gasteiger partial charge on any atom is -0.466 e. The second kappa shape index (κ2) is 4.68. The van der Waals surface area contributed by atoms with E-state index in [1.807, 2.05) is 39.8 Å². The molecule has 1 aromatic carbocycles. The number of carbonyl (C=O) groups excluding carboxylic acids is 2. The second-order valence-electron chi connectivity index (χ2n) is 6.56. The molecule has 0 fully saturated rings. The van der Waals surface area contributed by atoms with E-state index < -0.39 is 23.0 Å². The first-order valence-corrected chi connectivity index (χ1v) is 7.54. The minimum atomic E-state index is -0.767. The van der Waals surface area contributed by atoms with Gasteiger partial charge in [-0.05, 0) is 49.9 Å². The summed E-state index contributed by atoms with van der Waals surface area (Å²) in [6.07, 6.45) is 0. The van der Waals surface area contributed by atoms with E-state index in [0.717, 1.165) is 22.3 Å². The van der Waals surface area contributed by atoms with Gasteiger partial charge in [0.15, 0.2) is 0 Å². The van der Waals surface area contributed by atoms with Crippen LogP contribution in [0, 0.1) is 13.8 Å². The number of ether oxygens (including phenoxy) is 2. The van der Waals surface area contributed by atoms with E-state index in [2.05, 4.69) is 5.32 Å². The van der Waals surface area contributed by atoms with E-state index in [1.165, 1.54) is 14.2 Å². The number of fused-ring (bicyclic) bond motifs is 5. The lowest BCUT2D eigenvalue weighted by Crippen LogP contribution is -2.40. The zero-order valence-corrected chi connectivity index (χ0v) is 14.3. The maximum absolute atomic E-state index is 12.5. The van der Waals surface area contributed by atoms with Gasteiger partial charge in [0.25, 0.3) is 0 Å². The fourth-order valence-electron chi connectivity index (χ4n) is 4.42. The lowest BCUT2D eigenvalue weighted by molar-refractivity contribution is -0.140. The van der Waals surface area contributed by atoms with Gasteiger partial charge in [-0.15, -0.1) is 0 Å². The highest BCUT2D eigenvalue weighted by atomic mass is 16.5. The van der Waals surface area contributed by atoms with Crippen molar-refractivity contribution in [3.8, 4) is 0 Å². The molecular weight excluding hydrogens is 294 g/mol. The van der Waals surface area contributed by atoms with Crippen LogP contribution < -0.4 is 5.32 Å². The third-order valence-electron chi connectivity index (χ3n) is 5.15. The van der Waals surface area contributed by atoms with E-state index in [4.69, 9.17) is 9.47 Å². The van der Waals surface area contributed by atoms with Crippen LogP contribution >= 0.6 is 0 Å². The Balaban J connectivity index is 2.42. The van der Waals surface area contributed by atoms with Gasteiger partial charge < -0.3 is 9.47 Å². The summed E-state index contributed by atoms with van der Waals surface area (Å²) >= 11 is 0. The largest absolute Gasteiger partial charge is 0.466 e. The van der Waals surface area contributed by atoms with Crippen LogP contribution in [0.4, 0.5) is 0 Å². The summed E-state index contributed by atoms with van der Waals surface area (Å²) in [7, 11) is 2.65. The number of esters is 2. The molecule has 0 amide bonds. The predicted octanol–water partition coefficient (Wildman–Crippen LogP) is 1.99. The number of rotatable bonds is 2. The maximum atomic E-state index is 12.5. The molecule has 0 radical (unpaired) electrons. The van der Waals surface area contributed by atoms with E-state index in [-0.39, 0.29) is 0 Å². The predicted molar refractivity (Wildman–Crippen MR) is 84.8 cm³/mol. The highest BCUT2D eigenvalue weighted by molar-refractivity contribution is 6.06. The quantitative estimate of drug-likeness (QED) is 0.846. The van der Waals surface area contributed by atoms with E-state index in [0.29, 0.717) is 11.1 Å². The number of methoxy groups -OCH3 is 2. The molecule has 2 aliphatic heterocycles. The number of hydrogen-bond acceptors (Lipinski definition) is 5. The Bertz CT molecular complexity index is 716. The summed E-state index contributed by atoms with van der Waals surface area (Å²) in [6, 6.07) is 4.08. The van der Waals surface area contributed by atoms with Crippen molar-refractivity contribution < 1.29 is 19.1 Å². The van der Waals surface area contributed by atoms with Crippen LogP contribution in [0.5, 0.6) is 0 Å². The smallest absolute Gasteiger partial charge is 0.336 e. The Labute approximate surface area is 135 Å². The van der Waals surface area contributed by atoms with Crippen LogP contribution in [0.3, 0.4) is 0 Å². The first kappa shape index (κ1) is 15.7. The fraction of sp³-hybridized carbons (Fsp3) is 0.444. The van der Waals surface area contributed by atoms with Gasteiger partial charge in [-0.2, -0.15) is 0 Å². The zero-order chi connectivity index (χ0) is 17.2. The fourth-order valence-corrected chi connectivity index (χ4v) is 4.42. The average molecular weight is 315 g/mol. The Kier molecular flexibility index (Phi) is 3.20. The van der Waals surface area contributed by atoms with E-state index in [1.54, 1.807) is 0 Å². The second-order valence-corrected chi connectivity index (χ2v) is 6.56. The van der Waals surface area contributed by atoms with Gasteiger partial charge in [0.1, 0.15) is 0 Å². The van der Waals surface area contributed by atoms with Crippen LogP contribution in [0.15, 0.2) is 23.3 Å². The topological polar surface area (TPSA) is 64.6 Å². The first-order valence-electron chi connectivity index (χ1n) is 7.54. The molecular formula is C18H21NO4. The van der Waals surface area contributed by atoms with Crippen molar-refractivity contribution in [1.29, 1.82) is 0 Å². The minimum absolute atomic E-state index is 0.343. The highest BCUT2D eigenvalue weighted by Crippen LogP contribution is 2.58. The molecule has 2 atom stereocenters. The van der Waals surface area contributed by atoms with Crippen molar-refractivity contribution in [1.82, 2.24) is 5.32 Å². The number of aryl methyl sites for hydroxylation is 2. The number of benzene rings is 1. The van der Waals surface area contributed by atoms with Crippen molar-refractivity contribution in [2.45, 2.75) is 38.8 Å². The molecule has 1 aromatic rings. The summed E-state index contributed by atoms with van der Waals surface area (Å²) < 4.78 is 9.92. The summed E-state index contributed by atoms with van der Waals surface area (Å²) in [4.78, 5) is 24.9. The molecule has 2 heterocycles. The van der Waals surface area contributed by atoms with Crippen molar-refractivity contribution in [3.63, 3.8) is 0 Å². The van der Waals surface area contributed by atoms with Crippen LogP contribution in [0.1, 0.15) is 36.1 Å². The Morgan fingerprint density at radius 3 is 1.52 bits per heavy atom. The van der Waals surface area contributed by atoms with E-state index >= 15 is 0 Å².